The van der Waals surface area contributed by atoms with Gasteiger partial charge in [-0.05, 0) is 70.8 Å². The zero-order chi connectivity index (χ0) is 33.8. The smallest absolute Gasteiger partial charge is 0.211 e. The molecule has 230 valence electrons. The Morgan fingerprint density at radius 2 is 1.06 bits per heavy atom. The van der Waals surface area contributed by atoms with Gasteiger partial charge in [-0.15, -0.1) is 0 Å². The number of nitriles is 2. The minimum atomic E-state index is 0.553. The lowest BCUT2D eigenvalue weighted by molar-refractivity contribution is 1.17. The average molecular weight is 636 g/mol. The first-order valence-corrected chi connectivity index (χ1v) is 16.3. The van der Waals surface area contributed by atoms with E-state index in [1.54, 1.807) is 0 Å². The van der Waals surface area contributed by atoms with Crippen molar-refractivity contribution in [3.8, 4) is 45.8 Å². The summed E-state index contributed by atoms with van der Waals surface area (Å²) in [4.78, 5) is 3.97. The molecule has 0 saturated heterocycles. The minimum absolute atomic E-state index is 0.553. The first kappa shape index (κ1) is 28.8. The van der Waals surface area contributed by atoms with Crippen molar-refractivity contribution >= 4 is 49.3 Å². The van der Waals surface area contributed by atoms with E-state index in [1.807, 2.05) is 72.8 Å². The monoisotopic (exact) mass is 635 g/mol. The number of rotatable bonds is 4. The van der Waals surface area contributed by atoms with E-state index in [4.69, 9.17) is 6.57 Å². The molecule has 0 saturated carbocycles. The van der Waals surface area contributed by atoms with Crippen LogP contribution in [0.1, 0.15) is 11.1 Å². The third-order valence-corrected chi connectivity index (χ3v) is 9.63. The van der Waals surface area contributed by atoms with Crippen LogP contribution in [0.5, 0.6) is 0 Å². The molecule has 0 bridgehead atoms. The van der Waals surface area contributed by atoms with Gasteiger partial charge < -0.3 is 9.13 Å². The molecule has 0 aliphatic heterocycles. The fraction of sp³-hybridized carbons (Fsp3) is 0. The van der Waals surface area contributed by atoms with Gasteiger partial charge in [0.05, 0.1) is 57.2 Å². The highest BCUT2D eigenvalue weighted by Crippen LogP contribution is 2.41. The molecule has 0 aliphatic carbocycles. The van der Waals surface area contributed by atoms with E-state index >= 15 is 0 Å². The van der Waals surface area contributed by atoms with Crippen LogP contribution >= 0.6 is 0 Å². The van der Waals surface area contributed by atoms with Crippen molar-refractivity contribution in [2.75, 3.05) is 0 Å². The zero-order valence-corrected chi connectivity index (χ0v) is 26.7. The predicted octanol–water partition coefficient (Wildman–Crippen LogP) is 11.5. The Morgan fingerprint density at radius 3 is 1.70 bits per heavy atom. The predicted molar refractivity (Wildman–Crippen MR) is 202 cm³/mol. The summed E-state index contributed by atoms with van der Waals surface area (Å²) in [5.41, 5.74) is 11.3. The quantitative estimate of drug-likeness (QED) is 0.181. The molecule has 9 rings (SSSR count). The first-order chi connectivity index (χ1) is 24.7. The third-order valence-electron chi connectivity index (χ3n) is 9.63. The Labute approximate surface area is 288 Å². The van der Waals surface area contributed by atoms with Gasteiger partial charge in [0.1, 0.15) is 6.07 Å². The molecule has 7 aromatic carbocycles. The minimum Gasteiger partial charge on any atom is -0.318 e. The lowest BCUT2D eigenvalue weighted by Crippen LogP contribution is -1.98. The van der Waals surface area contributed by atoms with E-state index in [-0.39, 0.29) is 0 Å². The molecule has 0 N–H and O–H groups in total. The van der Waals surface area contributed by atoms with Gasteiger partial charge in [0, 0.05) is 21.5 Å². The summed E-state index contributed by atoms with van der Waals surface area (Å²) in [6.45, 7) is 8.09. The maximum Gasteiger partial charge on any atom is 0.211 e. The van der Waals surface area contributed by atoms with E-state index < -0.39 is 0 Å². The maximum absolute atomic E-state index is 10.4. The van der Waals surface area contributed by atoms with Crippen LogP contribution in [0.4, 0.5) is 5.69 Å². The van der Waals surface area contributed by atoms with Crippen molar-refractivity contribution in [3.05, 3.63) is 174 Å². The fourth-order valence-electron chi connectivity index (χ4n) is 7.40. The number of nitrogens with zero attached hydrogens (tertiary/aromatic N) is 5. The SMILES string of the molecule is [C-]#[N+]c1cccc(-c2ccc(-c3ccc(-n4c5ccccc5c5cc(C#N)ccc54)c(C#N)c3)cc2)c1-n1c2ccccc2c2ccccc21. The van der Waals surface area contributed by atoms with Gasteiger partial charge in [-0.3, -0.25) is 0 Å². The Balaban J connectivity index is 1.16. The van der Waals surface area contributed by atoms with Crippen molar-refractivity contribution < 1.29 is 0 Å². The molecule has 2 heterocycles. The number of benzene rings is 7. The summed E-state index contributed by atoms with van der Waals surface area (Å²) >= 11 is 0. The van der Waals surface area contributed by atoms with Crippen LogP contribution in [0.15, 0.2) is 152 Å². The second-order valence-corrected chi connectivity index (χ2v) is 12.3. The van der Waals surface area contributed by atoms with Crippen molar-refractivity contribution in [2.45, 2.75) is 0 Å². The van der Waals surface area contributed by atoms with E-state index in [0.717, 1.165) is 77.2 Å². The van der Waals surface area contributed by atoms with Crippen LogP contribution in [0.3, 0.4) is 0 Å². The number of hydrogen-bond acceptors (Lipinski definition) is 2. The van der Waals surface area contributed by atoms with Crippen molar-refractivity contribution in [2.24, 2.45) is 0 Å². The van der Waals surface area contributed by atoms with Crippen molar-refractivity contribution in [1.29, 1.82) is 10.5 Å². The molecule has 0 fully saturated rings. The Morgan fingerprint density at radius 1 is 0.480 bits per heavy atom. The van der Waals surface area contributed by atoms with Gasteiger partial charge in [0.15, 0.2) is 0 Å². The molecule has 50 heavy (non-hydrogen) atoms. The Bertz CT molecular complexity index is 2900. The van der Waals surface area contributed by atoms with Gasteiger partial charge in [-0.25, -0.2) is 4.85 Å². The van der Waals surface area contributed by atoms with Crippen LogP contribution in [-0.2, 0) is 0 Å². The standard InChI is InChI=1S/C45H25N5/c1-48-39-13-8-12-34(45(39)50-42-15-6-2-9-35(42)36-10-3-7-16-43(36)50)31-20-18-30(19-21-31)32-22-24-40(33(26-32)28-47)49-41-14-5-4-11-37(41)38-25-29(27-46)17-23-44(38)49/h2-26H. The number of aromatic nitrogens is 2. The summed E-state index contributed by atoms with van der Waals surface area (Å²) in [5, 5.41) is 24.2. The van der Waals surface area contributed by atoms with Gasteiger partial charge in [0.2, 0.25) is 5.69 Å². The highest BCUT2D eigenvalue weighted by molar-refractivity contribution is 6.11. The maximum atomic E-state index is 10.4. The fourth-order valence-corrected chi connectivity index (χ4v) is 7.40. The number of fused-ring (bicyclic) bond motifs is 6. The van der Waals surface area contributed by atoms with Crippen LogP contribution < -0.4 is 0 Å². The normalized spacial score (nSPS) is 11.1. The number of para-hydroxylation sites is 4. The Kier molecular flexibility index (Phi) is 6.56. The van der Waals surface area contributed by atoms with Crippen LogP contribution in [0.2, 0.25) is 0 Å². The molecular weight excluding hydrogens is 611 g/mol. The average Bonchev–Trinajstić information content (AvgIpc) is 3.69. The second-order valence-electron chi connectivity index (χ2n) is 12.3. The van der Waals surface area contributed by atoms with E-state index in [1.165, 1.54) is 0 Å². The summed E-state index contributed by atoms with van der Waals surface area (Å²) < 4.78 is 4.33. The van der Waals surface area contributed by atoms with Gasteiger partial charge in [0.25, 0.3) is 0 Å². The lowest BCUT2D eigenvalue weighted by Gasteiger charge is -2.16. The summed E-state index contributed by atoms with van der Waals surface area (Å²) in [7, 11) is 0. The van der Waals surface area contributed by atoms with Crippen LogP contribution in [0.25, 0.3) is 82.1 Å². The largest absolute Gasteiger partial charge is 0.318 e. The van der Waals surface area contributed by atoms with E-state index in [9.17, 15) is 10.5 Å². The first-order valence-electron chi connectivity index (χ1n) is 16.3. The third kappa shape index (κ3) is 4.31. The molecule has 5 heteroatoms. The molecular formula is C45H25N5. The van der Waals surface area contributed by atoms with Gasteiger partial charge in [-0.1, -0.05) is 103 Å². The number of hydrogen-bond donors (Lipinski definition) is 0. The molecule has 0 amide bonds. The van der Waals surface area contributed by atoms with Crippen LogP contribution in [0, 0.1) is 29.2 Å². The molecule has 0 unspecified atom stereocenters. The molecule has 0 spiro atoms. The van der Waals surface area contributed by atoms with Crippen molar-refractivity contribution in [3.63, 3.8) is 0 Å². The molecule has 0 aliphatic rings. The topological polar surface area (TPSA) is 61.8 Å². The summed E-state index contributed by atoms with van der Waals surface area (Å²) in [6.07, 6.45) is 0. The molecule has 9 aromatic rings. The lowest BCUT2D eigenvalue weighted by atomic mass is 9.97. The second kappa shape index (κ2) is 11.4. The summed E-state index contributed by atoms with van der Waals surface area (Å²) in [5.74, 6) is 0. The Hall–Kier alpha value is -7.39. The highest BCUT2D eigenvalue weighted by atomic mass is 15.0. The van der Waals surface area contributed by atoms with Crippen LogP contribution in [-0.4, -0.2) is 9.13 Å². The molecule has 0 atom stereocenters. The molecule has 5 nitrogen and oxygen atoms in total. The van der Waals surface area contributed by atoms with Gasteiger partial charge in [-0.2, -0.15) is 10.5 Å². The zero-order valence-electron chi connectivity index (χ0n) is 26.7. The highest BCUT2D eigenvalue weighted by Gasteiger charge is 2.19. The summed E-state index contributed by atoms with van der Waals surface area (Å²) in [6, 6.07) is 55.4. The molecule has 0 radical (unpaired) electrons. The van der Waals surface area contributed by atoms with Crippen molar-refractivity contribution in [1.82, 2.24) is 9.13 Å². The van der Waals surface area contributed by atoms with Gasteiger partial charge >= 0.3 is 0 Å². The van der Waals surface area contributed by atoms with E-state index in [0.29, 0.717) is 16.8 Å². The molecule has 2 aromatic heterocycles. The van der Waals surface area contributed by atoms with E-state index in [2.05, 4.69) is 105 Å².